The zero-order valence-corrected chi connectivity index (χ0v) is 11.1. The van der Waals surface area contributed by atoms with Gasteiger partial charge in [-0.15, -0.1) is 11.3 Å². The molecule has 3 heteroatoms. The van der Waals surface area contributed by atoms with E-state index in [4.69, 9.17) is 4.98 Å². The first kappa shape index (κ1) is 10.7. The minimum Gasteiger partial charge on any atom is -0.308 e. The molecule has 1 atom stereocenters. The van der Waals surface area contributed by atoms with Crippen molar-refractivity contribution >= 4 is 11.3 Å². The molecule has 1 aromatic heterocycles. The maximum atomic E-state index is 4.93. The molecule has 0 bridgehead atoms. The Morgan fingerprint density at radius 2 is 2.17 bits per heavy atom. The highest BCUT2D eigenvalue weighted by Gasteiger charge is 2.25. The summed E-state index contributed by atoms with van der Waals surface area (Å²) in [5.74, 6) is 0. The van der Waals surface area contributed by atoms with E-state index in [-0.39, 0.29) is 0 Å². The zero-order chi connectivity index (χ0) is 11.9. The van der Waals surface area contributed by atoms with Crippen LogP contribution in [0.15, 0.2) is 24.3 Å². The van der Waals surface area contributed by atoms with Crippen LogP contribution in [0.3, 0.4) is 0 Å². The average Bonchev–Trinajstić information content (AvgIpc) is 3.07. The number of nitrogens with one attached hydrogen (secondary N) is 1. The molecule has 2 aliphatic rings. The van der Waals surface area contributed by atoms with Crippen LogP contribution >= 0.6 is 11.3 Å². The SMILES string of the molecule is c1ccc2c(c1)CCc1sc(C3CCCN3)nc1-2. The maximum Gasteiger partial charge on any atom is 0.111 e. The van der Waals surface area contributed by atoms with Crippen molar-refractivity contribution in [3.8, 4) is 11.3 Å². The van der Waals surface area contributed by atoms with Gasteiger partial charge in [-0.25, -0.2) is 4.98 Å². The van der Waals surface area contributed by atoms with Gasteiger partial charge in [-0.2, -0.15) is 0 Å². The molecule has 1 unspecified atom stereocenters. The molecule has 1 N–H and O–H groups in total. The number of hydrogen-bond acceptors (Lipinski definition) is 3. The molecule has 1 saturated heterocycles. The highest BCUT2D eigenvalue weighted by molar-refractivity contribution is 7.12. The summed E-state index contributed by atoms with van der Waals surface area (Å²) in [6.07, 6.45) is 4.86. The minimum atomic E-state index is 0.507. The molecule has 1 fully saturated rings. The molecule has 0 spiro atoms. The minimum absolute atomic E-state index is 0.507. The normalized spacial score (nSPS) is 21.7. The van der Waals surface area contributed by atoms with Crippen molar-refractivity contribution in [1.82, 2.24) is 10.3 Å². The number of aryl methyl sites for hydroxylation is 2. The fourth-order valence-corrected chi connectivity index (χ4v) is 4.20. The Kier molecular flexibility index (Phi) is 2.49. The maximum absolute atomic E-state index is 4.93. The number of rotatable bonds is 1. The lowest BCUT2D eigenvalue weighted by Crippen LogP contribution is -2.12. The quantitative estimate of drug-likeness (QED) is 0.846. The summed E-state index contributed by atoms with van der Waals surface area (Å²) in [5.41, 5.74) is 4.08. The number of benzene rings is 1. The molecule has 92 valence electrons. The average molecular weight is 256 g/mol. The molecule has 0 amide bonds. The molecule has 1 aliphatic carbocycles. The smallest absolute Gasteiger partial charge is 0.111 e. The fourth-order valence-electron chi connectivity index (χ4n) is 3.01. The summed E-state index contributed by atoms with van der Waals surface area (Å²) >= 11 is 1.92. The second kappa shape index (κ2) is 4.18. The van der Waals surface area contributed by atoms with Gasteiger partial charge in [-0.05, 0) is 37.8 Å². The lowest BCUT2D eigenvalue weighted by atomic mass is 9.94. The van der Waals surface area contributed by atoms with Gasteiger partial charge in [-0.3, -0.25) is 0 Å². The van der Waals surface area contributed by atoms with Gasteiger partial charge in [0, 0.05) is 10.4 Å². The van der Waals surface area contributed by atoms with Crippen LogP contribution in [-0.2, 0) is 12.8 Å². The highest BCUT2D eigenvalue weighted by Crippen LogP contribution is 2.39. The van der Waals surface area contributed by atoms with E-state index >= 15 is 0 Å². The third kappa shape index (κ3) is 1.62. The van der Waals surface area contributed by atoms with Crippen molar-refractivity contribution in [3.63, 3.8) is 0 Å². The van der Waals surface area contributed by atoms with Gasteiger partial charge in [0.1, 0.15) is 5.01 Å². The van der Waals surface area contributed by atoms with E-state index in [0.717, 1.165) is 13.0 Å². The lowest BCUT2D eigenvalue weighted by Gasteiger charge is -2.13. The van der Waals surface area contributed by atoms with Gasteiger partial charge in [0.15, 0.2) is 0 Å². The van der Waals surface area contributed by atoms with Crippen LogP contribution in [-0.4, -0.2) is 11.5 Å². The molecule has 4 rings (SSSR count). The van der Waals surface area contributed by atoms with Crippen molar-refractivity contribution < 1.29 is 0 Å². The number of hydrogen-bond donors (Lipinski definition) is 1. The summed E-state index contributed by atoms with van der Waals surface area (Å²) in [5, 5.41) is 4.85. The van der Waals surface area contributed by atoms with Crippen LogP contribution in [0, 0.1) is 0 Å². The Morgan fingerprint density at radius 1 is 1.22 bits per heavy atom. The van der Waals surface area contributed by atoms with E-state index in [1.165, 1.54) is 46.0 Å². The number of fused-ring (bicyclic) bond motifs is 3. The fraction of sp³-hybridized carbons (Fsp3) is 0.400. The van der Waals surface area contributed by atoms with E-state index < -0.39 is 0 Å². The van der Waals surface area contributed by atoms with Gasteiger partial charge in [0.05, 0.1) is 11.7 Å². The van der Waals surface area contributed by atoms with Crippen LogP contribution in [0.2, 0.25) is 0 Å². The summed E-state index contributed by atoms with van der Waals surface area (Å²) in [6, 6.07) is 9.23. The summed E-state index contributed by atoms with van der Waals surface area (Å²) in [6.45, 7) is 1.14. The van der Waals surface area contributed by atoms with Crippen molar-refractivity contribution in [2.75, 3.05) is 6.54 Å². The van der Waals surface area contributed by atoms with E-state index in [2.05, 4.69) is 29.6 Å². The Labute approximate surface area is 111 Å². The Balaban J connectivity index is 1.79. The topological polar surface area (TPSA) is 24.9 Å². The molecule has 0 saturated carbocycles. The molecule has 1 aliphatic heterocycles. The molecular formula is C15H16N2S. The van der Waals surface area contributed by atoms with Crippen molar-refractivity contribution in [3.05, 3.63) is 39.7 Å². The predicted octanol–water partition coefficient (Wildman–Crippen LogP) is 3.33. The first-order valence-corrected chi connectivity index (χ1v) is 7.55. The molecule has 2 aromatic rings. The standard InChI is InChI=1S/C15H16N2S/c1-2-5-11-10(4-1)7-8-13-14(11)17-15(18-13)12-6-3-9-16-12/h1-2,4-5,12,16H,3,6-9H2. The van der Waals surface area contributed by atoms with Crippen LogP contribution in [0.25, 0.3) is 11.3 Å². The number of nitrogens with zero attached hydrogens (tertiary/aromatic N) is 1. The molecule has 2 nitrogen and oxygen atoms in total. The van der Waals surface area contributed by atoms with E-state index in [1.807, 2.05) is 11.3 Å². The Morgan fingerprint density at radius 3 is 3.06 bits per heavy atom. The van der Waals surface area contributed by atoms with Gasteiger partial charge in [-0.1, -0.05) is 24.3 Å². The van der Waals surface area contributed by atoms with Crippen LogP contribution < -0.4 is 5.32 Å². The summed E-state index contributed by atoms with van der Waals surface area (Å²) in [7, 11) is 0. The molecule has 2 heterocycles. The highest BCUT2D eigenvalue weighted by atomic mass is 32.1. The largest absolute Gasteiger partial charge is 0.308 e. The Hall–Kier alpha value is -1.19. The van der Waals surface area contributed by atoms with E-state index in [9.17, 15) is 0 Å². The van der Waals surface area contributed by atoms with Crippen molar-refractivity contribution in [1.29, 1.82) is 0 Å². The van der Waals surface area contributed by atoms with Crippen molar-refractivity contribution in [2.24, 2.45) is 0 Å². The van der Waals surface area contributed by atoms with Crippen molar-refractivity contribution in [2.45, 2.75) is 31.7 Å². The van der Waals surface area contributed by atoms with Crippen LogP contribution in [0.4, 0.5) is 0 Å². The molecule has 0 radical (unpaired) electrons. The van der Waals surface area contributed by atoms with Crippen LogP contribution in [0.5, 0.6) is 0 Å². The third-order valence-corrected chi connectivity index (χ3v) is 5.19. The monoisotopic (exact) mass is 256 g/mol. The van der Waals surface area contributed by atoms with E-state index in [0.29, 0.717) is 6.04 Å². The number of aromatic nitrogens is 1. The van der Waals surface area contributed by atoms with E-state index in [1.54, 1.807) is 0 Å². The second-order valence-electron chi connectivity index (χ2n) is 5.13. The first-order valence-electron chi connectivity index (χ1n) is 6.73. The van der Waals surface area contributed by atoms with Gasteiger partial charge < -0.3 is 5.32 Å². The zero-order valence-electron chi connectivity index (χ0n) is 10.3. The molecule has 1 aromatic carbocycles. The Bertz CT molecular complexity index is 582. The lowest BCUT2D eigenvalue weighted by molar-refractivity contribution is 0.643. The number of thiazole rings is 1. The van der Waals surface area contributed by atoms with Gasteiger partial charge in [0.2, 0.25) is 0 Å². The van der Waals surface area contributed by atoms with Gasteiger partial charge >= 0.3 is 0 Å². The van der Waals surface area contributed by atoms with Crippen LogP contribution in [0.1, 0.15) is 34.3 Å². The summed E-state index contributed by atoms with van der Waals surface area (Å²) in [4.78, 5) is 6.41. The summed E-state index contributed by atoms with van der Waals surface area (Å²) < 4.78 is 0. The predicted molar refractivity (Wildman–Crippen MR) is 74.9 cm³/mol. The molecule has 18 heavy (non-hydrogen) atoms. The van der Waals surface area contributed by atoms with Gasteiger partial charge in [0.25, 0.3) is 0 Å². The first-order chi connectivity index (χ1) is 8.92. The third-order valence-electron chi connectivity index (χ3n) is 3.97. The second-order valence-corrected chi connectivity index (χ2v) is 6.25. The molecular weight excluding hydrogens is 240 g/mol.